The average Bonchev–Trinajstić information content (AvgIpc) is 3.60. The minimum Gasteiger partial charge on any atom is -0.358 e. The summed E-state index contributed by atoms with van der Waals surface area (Å²) in [5.74, 6) is 0.808. The predicted molar refractivity (Wildman–Crippen MR) is 151 cm³/mol. The third kappa shape index (κ3) is 4.54. The number of rotatable bonds is 6. The molecule has 0 fully saturated rings. The molecule has 6 heterocycles. The van der Waals surface area contributed by atoms with E-state index in [1.807, 2.05) is 48.1 Å². The molecule has 0 unspecified atom stereocenters. The number of H-pyrrole nitrogens is 2. The average molecular weight is 504 g/mol. The number of aromatic nitrogens is 8. The number of pyridine rings is 3. The van der Waals surface area contributed by atoms with Crippen molar-refractivity contribution in [2.75, 3.05) is 5.32 Å². The smallest absolute Gasteiger partial charge is 0.147 e. The third-order valence-corrected chi connectivity index (χ3v) is 6.25. The van der Waals surface area contributed by atoms with Gasteiger partial charge in [0.2, 0.25) is 0 Å². The van der Waals surface area contributed by atoms with Gasteiger partial charge in [0, 0.05) is 35.2 Å². The maximum absolute atomic E-state index is 4.98. The minimum absolute atomic E-state index is 0.149. The van der Waals surface area contributed by atoms with Crippen molar-refractivity contribution in [1.29, 1.82) is 0 Å². The van der Waals surface area contributed by atoms with Crippen molar-refractivity contribution in [3.63, 3.8) is 0 Å². The molecule has 0 saturated heterocycles. The van der Waals surface area contributed by atoms with Crippen LogP contribution in [0.1, 0.15) is 32.9 Å². The molecule has 6 aromatic rings. The van der Waals surface area contributed by atoms with E-state index in [0.717, 1.165) is 73.9 Å². The van der Waals surface area contributed by atoms with Crippen LogP contribution in [-0.2, 0) is 0 Å². The Morgan fingerprint density at radius 2 is 1.95 bits per heavy atom. The van der Waals surface area contributed by atoms with E-state index < -0.39 is 0 Å². The maximum Gasteiger partial charge on any atom is 0.147 e. The Hall–Kier alpha value is -4.79. The second kappa shape index (κ2) is 8.95. The highest BCUT2D eigenvalue weighted by Crippen LogP contribution is 2.32. The number of hydrogen-bond donors (Lipinski definition) is 3. The molecule has 0 atom stereocenters. The Morgan fingerprint density at radius 3 is 2.74 bits per heavy atom. The lowest BCUT2D eigenvalue weighted by molar-refractivity contribution is 0.411. The van der Waals surface area contributed by atoms with Gasteiger partial charge in [0.1, 0.15) is 23.4 Å². The molecule has 0 bridgehead atoms. The van der Waals surface area contributed by atoms with E-state index in [9.17, 15) is 0 Å². The van der Waals surface area contributed by atoms with Crippen molar-refractivity contribution in [2.45, 2.75) is 34.1 Å². The molecule has 3 N–H and O–H groups in total. The summed E-state index contributed by atoms with van der Waals surface area (Å²) in [5.41, 5.74) is 8.83. The fourth-order valence-electron chi connectivity index (χ4n) is 4.69. The Bertz CT molecular complexity index is 1800. The molecule has 38 heavy (non-hydrogen) atoms. The minimum atomic E-state index is 0.149. The largest absolute Gasteiger partial charge is 0.358 e. The summed E-state index contributed by atoms with van der Waals surface area (Å²) in [7, 11) is 0. The highest BCUT2D eigenvalue weighted by atomic mass is 15.1. The van der Waals surface area contributed by atoms with Crippen molar-refractivity contribution >= 4 is 27.6 Å². The second-order valence-corrected chi connectivity index (χ2v) is 10.8. The Kier molecular flexibility index (Phi) is 5.56. The Labute approximate surface area is 220 Å². The van der Waals surface area contributed by atoms with Crippen LogP contribution in [0.25, 0.3) is 50.4 Å². The molecule has 0 saturated carbocycles. The van der Waals surface area contributed by atoms with Crippen molar-refractivity contribution in [3.05, 3.63) is 79.4 Å². The Balaban J connectivity index is 1.36. The predicted octanol–water partition coefficient (Wildman–Crippen LogP) is 6.42. The van der Waals surface area contributed by atoms with E-state index in [4.69, 9.17) is 4.98 Å². The van der Waals surface area contributed by atoms with Crippen molar-refractivity contribution in [1.82, 2.24) is 39.7 Å². The summed E-state index contributed by atoms with van der Waals surface area (Å²) in [4.78, 5) is 21.8. The number of aromatic amines is 2. The lowest BCUT2D eigenvalue weighted by Gasteiger charge is -2.20. The molecule has 0 aliphatic carbocycles. The first-order valence-electron chi connectivity index (χ1n) is 12.5. The molecule has 0 spiro atoms. The van der Waals surface area contributed by atoms with Gasteiger partial charge in [0.25, 0.3) is 0 Å². The summed E-state index contributed by atoms with van der Waals surface area (Å²) in [6.07, 6.45) is 10.0. The number of fused-ring (bicyclic) bond motifs is 2. The van der Waals surface area contributed by atoms with E-state index in [1.165, 1.54) is 0 Å². The van der Waals surface area contributed by atoms with Gasteiger partial charge in [-0.3, -0.25) is 14.6 Å². The van der Waals surface area contributed by atoms with Crippen LogP contribution in [0.4, 0.5) is 5.69 Å². The zero-order valence-corrected chi connectivity index (χ0v) is 21.9. The SMILES string of the molecule is C=C(CC(C)(C)C)Nc1cncc(-c2ccc3[nH]nc(-c4cc5c(-n6cnc(C)c6)nccc5[nH]4)c3n2)c1. The highest BCUT2D eigenvalue weighted by Gasteiger charge is 2.17. The molecular weight excluding hydrogens is 474 g/mol. The van der Waals surface area contributed by atoms with E-state index in [1.54, 1.807) is 18.7 Å². The van der Waals surface area contributed by atoms with E-state index in [2.05, 4.69) is 68.9 Å². The quantitative estimate of drug-likeness (QED) is 0.242. The number of hydrogen-bond acceptors (Lipinski definition) is 6. The van der Waals surface area contributed by atoms with Gasteiger partial charge < -0.3 is 10.3 Å². The summed E-state index contributed by atoms with van der Waals surface area (Å²) in [6.45, 7) is 12.7. The number of allylic oxidation sites excluding steroid dienone is 1. The lowest BCUT2D eigenvalue weighted by Crippen LogP contribution is -2.10. The standard InChI is InChI=1S/C29H29N9/c1-17(12-29(3,4)5)33-20-10-19(13-30-14-20)22-6-7-24-26(35-22)27(37-36-24)25-11-21-23(34-25)8-9-31-28(21)38-15-18(2)32-16-38/h6-11,13-16,33-34H,1,12H2,2-5H3,(H,36,37). The normalized spacial score (nSPS) is 11.9. The van der Waals surface area contributed by atoms with E-state index >= 15 is 0 Å². The van der Waals surface area contributed by atoms with Gasteiger partial charge in [-0.2, -0.15) is 5.10 Å². The molecule has 190 valence electrons. The molecule has 9 nitrogen and oxygen atoms in total. The molecule has 0 aromatic carbocycles. The van der Waals surface area contributed by atoms with Crippen LogP contribution in [0.2, 0.25) is 0 Å². The zero-order chi connectivity index (χ0) is 26.4. The Morgan fingerprint density at radius 1 is 1.08 bits per heavy atom. The van der Waals surface area contributed by atoms with Gasteiger partial charge >= 0.3 is 0 Å². The second-order valence-electron chi connectivity index (χ2n) is 10.8. The third-order valence-electron chi connectivity index (χ3n) is 6.25. The summed E-state index contributed by atoms with van der Waals surface area (Å²) in [6, 6.07) is 10.0. The van der Waals surface area contributed by atoms with Gasteiger partial charge in [-0.1, -0.05) is 27.4 Å². The fourth-order valence-corrected chi connectivity index (χ4v) is 4.69. The van der Waals surface area contributed by atoms with Crippen LogP contribution in [-0.4, -0.2) is 39.7 Å². The molecule has 6 rings (SSSR count). The molecule has 9 heteroatoms. The summed E-state index contributed by atoms with van der Waals surface area (Å²) in [5, 5.41) is 12.1. The molecule has 6 aromatic heterocycles. The molecule has 0 amide bonds. The van der Waals surface area contributed by atoms with Crippen molar-refractivity contribution in [3.8, 4) is 28.5 Å². The zero-order valence-electron chi connectivity index (χ0n) is 21.9. The van der Waals surface area contributed by atoms with Crippen molar-refractivity contribution < 1.29 is 0 Å². The first-order valence-corrected chi connectivity index (χ1v) is 12.5. The maximum atomic E-state index is 4.98. The molecule has 0 aliphatic heterocycles. The van der Waals surface area contributed by atoms with Crippen LogP contribution in [0.3, 0.4) is 0 Å². The van der Waals surface area contributed by atoms with Crippen LogP contribution >= 0.6 is 0 Å². The lowest BCUT2D eigenvalue weighted by atomic mass is 9.91. The fraction of sp³-hybridized carbons (Fsp3) is 0.207. The molecular formula is C29H29N9. The summed E-state index contributed by atoms with van der Waals surface area (Å²) >= 11 is 0. The topological polar surface area (TPSA) is 113 Å². The van der Waals surface area contributed by atoms with E-state index in [-0.39, 0.29) is 5.41 Å². The number of imidazole rings is 1. The monoisotopic (exact) mass is 503 g/mol. The first kappa shape index (κ1) is 23.6. The van der Waals surface area contributed by atoms with Crippen molar-refractivity contribution in [2.24, 2.45) is 5.41 Å². The summed E-state index contributed by atoms with van der Waals surface area (Å²) < 4.78 is 1.93. The van der Waals surface area contributed by atoms with E-state index in [0.29, 0.717) is 0 Å². The van der Waals surface area contributed by atoms with Crippen LogP contribution < -0.4 is 5.32 Å². The van der Waals surface area contributed by atoms with Crippen LogP contribution in [0, 0.1) is 12.3 Å². The number of nitrogens with one attached hydrogen (secondary N) is 3. The van der Waals surface area contributed by atoms with Gasteiger partial charge in [-0.05, 0) is 49.1 Å². The van der Waals surface area contributed by atoms with Gasteiger partial charge in [0.05, 0.1) is 40.0 Å². The number of nitrogens with zero attached hydrogens (tertiary/aromatic N) is 6. The number of anilines is 1. The van der Waals surface area contributed by atoms with Gasteiger partial charge in [-0.15, -0.1) is 0 Å². The van der Waals surface area contributed by atoms with Crippen LogP contribution in [0.5, 0.6) is 0 Å². The molecule has 0 radical (unpaired) electrons. The van der Waals surface area contributed by atoms with Gasteiger partial charge in [0.15, 0.2) is 0 Å². The van der Waals surface area contributed by atoms with Gasteiger partial charge in [-0.25, -0.2) is 15.0 Å². The van der Waals surface area contributed by atoms with Crippen LogP contribution in [0.15, 0.2) is 73.7 Å². The first-order chi connectivity index (χ1) is 18.2. The highest BCUT2D eigenvalue weighted by molar-refractivity contribution is 5.96. The number of aryl methyl sites for hydroxylation is 1. The molecule has 0 aliphatic rings.